The highest BCUT2D eigenvalue weighted by Gasteiger charge is 2.17. The highest BCUT2D eigenvalue weighted by Crippen LogP contribution is 2.33. The zero-order valence-corrected chi connectivity index (χ0v) is 18.1. The number of sulfone groups is 1. The minimum atomic E-state index is -3.38. The minimum absolute atomic E-state index is 0.0721. The Morgan fingerprint density at radius 3 is 2.44 bits per heavy atom. The van der Waals surface area contributed by atoms with E-state index in [2.05, 4.69) is 20.3 Å². The van der Waals surface area contributed by atoms with Crippen LogP contribution in [0.3, 0.4) is 0 Å². The normalized spacial score (nSPS) is 11.3. The molecule has 3 aromatic heterocycles. The molecule has 1 amide bonds. The van der Waals surface area contributed by atoms with Crippen LogP contribution in [0.2, 0.25) is 0 Å². The summed E-state index contributed by atoms with van der Waals surface area (Å²) in [5.74, 6) is 1.23. The predicted octanol–water partition coefficient (Wildman–Crippen LogP) is 3.38. The molecule has 3 heterocycles. The van der Waals surface area contributed by atoms with Crippen LogP contribution in [0.1, 0.15) is 16.1 Å². The summed E-state index contributed by atoms with van der Waals surface area (Å²) in [6.45, 7) is 1.77. The monoisotopic (exact) mass is 454 g/mol. The molecule has 0 atom stereocenters. The molecule has 32 heavy (non-hydrogen) atoms. The van der Waals surface area contributed by atoms with E-state index in [1.165, 1.54) is 43.9 Å². The molecule has 0 fully saturated rings. The zero-order valence-electron chi connectivity index (χ0n) is 17.3. The first-order valence-electron chi connectivity index (χ1n) is 9.28. The zero-order chi connectivity index (χ0) is 22.9. The second-order valence-corrected chi connectivity index (χ2v) is 8.86. The molecule has 4 rings (SSSR count). The fourth-order valence-electron chi connectivity index (χ4n) is 2.88. The quantitative estimate of drug-likeness (QED) is 0.465. The highest BCUT2D eigenvalue weighted by atomic mass is 32.2. The largest absolute Gasteiger partial charge is 0.480 e. The molecule has 0 spiro atoms. The standard InChI is InChI=1S/C21H18N4O6S/c1-12-6-15-16(30-12)7-13(21(26)25-18-10-24-20(29-2)11-22-18)8-17(15)31-19-5-4-14(9-23-19)32(3,27)28/h4-11H,1-3H3,(H,22,25,26). The second-order valence-electron chi connectivity index (χ2n) is 6.85. The summed E-state index contributed by atoms with van der Waals surface area (Å²) in [6, 6.07) is 7.73. The molecule has 10 nitrogen and oxygen atoms in total. The Morgan fingerprint density at radius 2 is 1.81 bits per heavy atom. The third-order valence-corrected chi connectivity index (χ3v) is 5.51. The molecule has 0 bridgehead atoms. The average Bonchev–Trinajstić information content (AvgIpc) is 3.14. The van der Waals surface area contributed by atoms with Crippen LogP contribution in [0.25, 0.3) is 11.0 Å². The van der Waals surface area contributed by atoms with Crippen LogP contribution in [0.15, 0.2) is 58.2 Å². The van der Waals surface area contributed by atoms with E-state index < -0.39 is 15.7 Å². The van der Waals surface area contributed by atoms with Gasteiger partial charge in [-0.15, -0.1) is 0 Å². The molecular formula is C21H18N4O6S. The van der Waals surface area contributed by atoms with E-state index in [1.54, 1.807) is 19.1 Å². The number of anilines is 1. The number of fused-ring (bicyclic) bond motifs is 1. The lowest BCUT2D eigenvalue weighted by Gasteiger charge is -2.09. The van der Waals surface area contributed by atoms with Gasteiger partial charge in [-0.2, -0.15) is 0 Å². The van der Waals surface area contributed by atoms with Gasteiger partial charge >= 0.3 is 0 Å². The molecule has 0 saturated carbocycles. The molecule has 0 aliphatic heterocycles. The number of aromatic nitrogens is 3. The van der Waals surface area contributed by atoms with Gasteiger partial charge in [0.2, 0.25) is 11.8 Å². The Morgan fingerprint density at radius 1 is 1.03 bits per heavy atom. The number of carbonyl (C=O) groups excluding carboxylic acids is 1. The fourth-order valence-corrected chi connectivity index (χ4v) is 3.44. The number of hydrogen-bond acceptors (Lipinski definition) is 9. The fraction of sp³-hybridized carbons (Fsp3) is 0.143. The maximum atomic E-state index is 12.8. The smallest absolute Gasteiger partial charge is 0.257 e. The maximum Gasteiger partial charge on any atom is 0.257 e. The molecule has 0 aliphatic carbocycles. The van der Waals surface area contributed by atoms with E-state index in [9.17, 15) is 13.2 Å². The first kappa shape index (κ1) is 21.2. The van der Waals surface area contributed by atoms with Gasteiger partial charge in [0.1, 0.15) is 17.1 Å². The molecule has 164 valence electrons. The summed E-state index contributed by atoms with van der Waals surface area (Å²) in [5, 5.41) is 3.28. The van der Waals surface area contributed by atoms with Gasteiger partial charge in [0.15, 0.2) is 15.7 Å². The molecule has 0 aliphatic rings. The summed E-state index contributed by atoms with van der Waals surface area (Å²) < 4.78 is 39.7. The number of furan rings is 1. The summed E-state index contributed by atoms with van der Waals surface area (Å²) in [4.78, 5) is 25.0. The van der Waals surface area contributed by atoms with Crippen molar-refractivity contribution >= 4 is 32.5 Å². The first-order chi connectivity index (χ1) is 15.2. The van der Waals surface area contributed by atoms with Gasteiger partial charge in [-0.05, 0) is 31.2 Å². The highest BCUT2D eigenvalue weighted by molar-refractivity contribution is 7.90. The lowest BCUT2D eigenvalue weighted by Crippen LogP contribution is -2.13. The van der Waals surface area contributed by atoms with Crippen molar-refractivity contribution in [2.45, 2.75) is 11.8 Å². The van der Waals surface area contributed by atoms with Crippen LogP contribution < -0.4 is 14.8 Å². The van der Waals surface area contributed by atoms with Crippen molar-refractivity contribution in [2.75, 3.05) is 18.7 Å². The molecule has 0 saturated heterocycles. The number of aryl methyl sites for hydroxylation is 1. The topological polar surface area (TPSA) is 134 Å². The number of nitrogens with one attached hydrogen (secondary N) is 1. The lowest BCUT2D eigenvalue weighted by atomic mass is 10.1. The van der Waals surface area contributed by atoms with E-state index in [0.717, 1.165) is 6.26 Å². The summed E-state index contributed by atoms with van der Waals surface area (Å²) in [5.41, 5.74) is 0.700. The van der Waals surface area contributed by atoms with Crippen LogP contribution in [-0.2, 0) is 9.84 Å². The van der Waals surface area contributed by atoms with Gasteiger partial charge < -0.3 is 19.2 Å². The Balaban J connectivity index is 1.65. The summed E-state index contributed by atoms with van der Waals surface area (Å²) in [6.07, 6.45) is 5.06. The molecule has 11 heteroatoms. The van der Waals surface area contributed by atoms with Gasteiger partial charge in [-0.3, -0.25) is 4.79 Å². The van der Waals surface area contributed by atoms with Gasteiger partial charge in [0.25, 0.3) is 5.91 Å². The van der Waals surface area contributed by atoms with E-state index in [-0.39, 0.29) is 22.2 Å². The van der Waals surface area contributed by atoms with E-state index in [0.29, 0.717) is 28.4 Å². The summed E-state index contributed by atoms with van der Waals surface area (Å²) >= 11 is 0. The first-order valence-corrected chi connectivity index (χ1v) is 11.2. The number of nitrogens with zero attached hydrogens (tertiary/aromatic N) is 3. The van der Waals surface area contributed by atoms with Crippen molar-refractivity contribution in [3.63, 3.8) is 0 Å². The molecule has 0 unspecified atom stereocenters. The van der Waals surface area contributed by atoms with Crippen molar-refractivity contribution in [1.29, 1.82) is 0 Å². The van der Waals surface area contributed by atoms with E-state index in [1.807, 2.05) is 0 Å². The molecule has 4 aromatic rings. The Kier molecular flexibility index (Phi) is 5.49. The third-order valence-electron chi connectivity index (χ3n) is 4.42. The second kappa shape index (κ2) is 8.27. The van der Waals surface area contributed by atoms with Crippen molar-refractivity contribution in [1.82, 2.24) is 15.0 Å². The maximum absolute atomic E-state index is 12.8. The Bertz CT molecular complexity index is 1400. The minimum Gasteiger partial charge on any atom is -0.480 e. The van der Waals surface area contributed by atoms with Crippen LogP contribution >= 0.6 is 0 Å². The van der Waals surface area contributed by atoms with Gasteiger partial charge in [-0.1, -0.05) is 0 Å². The number of benzene rings is 1. The lowest BCUT2D eigenvalue weighted by molar-refractivity contribution is 0.102. The van der Waals surface area contributed by atoms with Crippen LogP contribution in [0, 0.1) is 6.92 Å². The number of ether oxygens (including phenoxy) is 2. The molecule has 0 radical (unpaired) electrons. The van der Waals surface area contributed by atoms with E-state index in [4.69, 9.17) is 13.9 Å². The number of pyridine rings is 1. The van der Waals surface area contributed by atoms with Gasteiger partial charge in [0.05, 0.1) is 29.8 Å². The van der Waals surface area contributed by atoms with Gasteiger partial charge in [0, 0.05) is 24.1 Å². The van der Waals surface area contributed by atoms with Crippen LogP contribution in [0.4, 0.5) is 5.82 Å². The van der Waals surface area contributed by atoms with Gasteiger partial charge in [-0.25, -0.2) is 23.4 Å². The number of rotatable bonds is 6. The molecular weight excluding hydrogens is 436 g/mol. The Hall–Kier alpha value is -3.99. The molecule has 1 aromatic carbocycles. The van der Waals surface area contributed by atoms with Crippen molar-refractivity contribution in [3.05, 3.63) is 60.2 Å². The summed E-state index contributed by atoms with van der Waals surface area (Å²) in [7, 11) is -1.91. The SMILES string of the molecule is COc1cnc(NC(=O)c2cc(Oc3ccc(S(C)(=O)=O)cn3)c3cc(C)oc3c2)cn1. The average molecular weight is 454 g/mol. The van der Waals surface area contributed by atoms with Crippen LogP contribution in [0.5, 0.6) is 17.5 Å². The van der Waals surface area contributed by atoms with E-state index >= 15 is 0 Å². The third kappa shape index (κ3) is 4.52. The molecule has 1 N–H and O–H groups in total. The van der Waals surface area contributed by atoms with Crippen molar-refractivity contribution in [2.24, 2.45) is 0 Å². The predicted molar refractivity (Wildman–Crippen MR) is 115 cm³/mol. The van der Waals surface area contributed by atoms with Crippen molar-refractivity contribution in [3.8, 4) is 17.5 Å². The number of amides is 1. The number of carbonyl (C=O) groups is 1. The van der Waals surface area contributed by atoms with Crippen LogP contribution in [-0.4, -0.2) is 42.6 Å². The number of methoxy groups -OCH3 is 1. The van der Waals surface area contributed by atoms with Crippen molar-refractivity contribution < 1.29 is 27.1 Å². The Labute approximate surface area is 183 Å². The number of hydrogen-bond donors (Lipinski definition) is 1.